The minimum absolute atomic E-state index is 0.141. The Kier molecular flexibility index (Phi) is 4.69. The summed E-state index contributed by atoms with van der Waals surface area (Å²) in [4.78, 5) is 23.6. The molecule has 0 aliphatic rings. The van der Waals surface area contributed by atoms with Crippen LogP contribution in [0.1, 0.15) is 21.1 Å². The largest absolute Gasteiger partial charge is 0.321 e. The Morgan fingerprint density at radius 2 is 1.73 bits per heavy atom. The highest BCUT2D eigenvalue weighted by Crippen LogP contribution is 2.29. The molecule has 0 saturated heterocycles. The number of rotatable bonds is 4. The van der Waals surface area contributed by atoms with E-state index in [4.69, 9.17) is 0 Å². The Balaban J connectivity index is 1.34. The summed E-state index contributed by atoms with van der Waals surface area (Å²) in [5.74, 6) is -0.141. The third-order valence-electron chi connectivity index (χ3n) is 4.85. The molecule has 0 saturated carbocycles. The average Bonchev–Trinajstić information content (AvgIpc) is 3.45. The molecular weight excluding hydrogens is 412 g/mol. The number of carbonyl (C=O) groups excluding carboxylic acids is 1. The van der Waals surface area contributed by atoms with Gasteiger partial charge in [-0.1, -0.05) is 42.5 Å². The van der Waals surface area contributed by atoms with Gasteiger partial charge in [-0.05, 0) is 26.0 Å². The molecule has 0 fully saturated rings. The van der Waals surface area contributed by atoms with Crippen LogP contribution in [-0.4, -0.2) is 20.3 Å². The second-order valence-corrected chi connectivity index (χ2v) is 8.82. The Hall–Kier alpha value is -3.29. The molecule has 2 aromatic carbocycles. The molecule has 0 atom stereocenters. The lowest BCUT2D eigenvalue weighted by molar-refractivity contribution is 0.103. The van der Waals surface area contributed by atoms with Crippen molar-refractivity contribution in [2.75, 3.05) is 5.32 Å². The molecule has 0 radical (unpaired) electrons. The molecule has 3 aromatic heterocycles. The number of fused-ring (bicyclic) bond motifs is 1. The summed E-state index contributed by atoms with van der Waals surface area (Å²) in [6.45, 7) is 3.94. The van der Waals surface area contributed by atoms with Gasteiger partial charge >= 0.3 is 0 Å². The van der Waals surface area contributed by atoms with Gasteiger partial charge in [0.05, 0.1) is 11.4 Å². The van der Waals surface area contributed by atoms with E-state index < -0.39 is 0 Å². The van der Waals surface area contributed by atoms with Crippen molar-refractivity contribution in [2.24, 2.45) is 0 Å². The second-order valence-electron chi connectivity index (χ2n) is 6.99. The molecule has 3 heterocycles. The van der Waals surface area contributed by atoms with Gasteiger partial charge in [-0.25, -0.2) is 9.97 Å². The first-order valence-corrected chi connectivity index (χ1v) is 11.2. The summed E-state index contributed by atoms with van der Waals surface area (Å²) in [6, 6.07) is 17.7. The zero-order valence-electron chi connectivity index (χ0n) is 16.4. The minimum atomic E-state index is -0.141. The quantitative estimate of drug-likeness (QED) is 0.377. The van der Waals surface area contributed by atoms with E-state index in [0.29, 0.717) is 4.88 Å². The van der Waals surface area contributed by atoms with Crippen LogP contribution in [0.15, 0.2) is 66.2 Å². The third-order valence-corrected chi connectivity index (χ3v) is 7.01. The highest BCUT2D eigenvalue weighted by atomic mass is 32.1. The summed E-state index contributed by atoms with van der Waals surface area (Å²) < 4.78 is 2.09. The molecule has 0 aliphatic carbocycles. The summed E-state index contributed by atoms with van der Waals surface area (Å²) in [7, 11) is 0. The summed E-state index contributed by atoms with van der Waals surface area (Å²) in [5.41, 5.74) is 5.62. The van der Waals surface area contributed by atoms with Crippen molar-refractivity contribution in [3.05, 3.63) is 82.4 Å². The van der Waals surface area contributed by atoms with E-state index >= 15 is 0 Å². The molecule has 7 heteroatoms. The lowest BCUT2D eigenvalue weighted by Gasteiger charge is -2.05. The third kappa shape index (κ3) is 3.42. The molecule has 5 nitrogen and oxygen atoms in total. The van der Waals surface area contributed by atoms with Crippen molar-refractivity contribution in [3.63, 3.8) is 0 Å². The fraction of sp³-hybridized carbons (Fsp3) is 0.0870. The summed E-state index contributed by atoms with van der Waals surface area (Å²) >= 11 is 3.04. The average molecular weight is 431 g/mol. The fourth-order valence-corrected chi connectivity index (χ4v) is 5.07. The zero-order valence-corrected chi connectivity index (χ0v) is 18.1. The van der Waals surface area contributed by atoms with Crippen molar-refractivity contribution < 1.29 is 4.79 Å². The Bertz CT molecular complexity index is 1350. The number of benzene rings is 2. The normalized spacial score (nSPS) is 11.1. The van der Waals surface area contributed by atoms with E-state index in [2.05, 4.69) is 32.0 Å². The molecule has 5 aromatic rings. The van der Waals surface area contributed by atoms with Crippen LogP contribution in [-0.2, 0) is 0 Å². The smallest absolute Gasteiger partial charge is 0.267 e. The number of hydrogen-bond donors (Lipinski definition) is 1. The molecule has 0 bridgehead atoms. The number of anilines is 1. The van der Waals surface area contributed by atoms with E-state index in [9.17, 15) is 4.79 Å². The second kappa shape index (κ2) is 7.51. The fourth-order valence-electron chi connectivity index (χ4n) is 3.26. The SMILES string of the molecule is Cc1nc(-c2ccccc2)sc1C(=O)Nc1ccc(-c2cn3c(C)csc3n2)cc1. The minimum Gasteiger partial charge on any atom is -0.321 e. The number of amides is 1. The number of thiazole rings is 2. The molecule has 5 rings (SSSR count). The van der Waals surface area contributed by atoms with Crippen molar-refractivity contribution in [1.82, 2.24) is 14.4 Å². The van der Waals surface area contributed by atoms with Crippen molar-refractivity contribution in [1.29, 1.82) is 0 Å². The van der Waals surface area contributed by atoms with Gasteiger partial charge in [-0.2, -0.15) is 0 Å². The van der Waals surface area contributed by atoms with Crippen LogP contribution in [0.5, 0.6) is 0 Å². The molecule has 0 unspecified atom stereocenters. The van der Waals surface area contributed by atoms with E-state index in [1.807, 2.05) is 67.7 Å². The molecule has 148 valence electrons. The summed E-state index contributed by atoms with van der Waals surface area (Å²) in [6.07, 6.45) is 2.04. The van der Waals surface area contributed by atoms with Crippen LogP contribution >= 0.6 is 22.7 Å². The maximum absolute atomic E-state index is 12.8. The van der Waals surface area contributed by atoms with Crippen molar-refractivity contribution >= 4 is 39.2 Å². The number of aryl methyl sites for hydroxylation is 2. The maximum Gasteiger partial charge on any atom is 0.267 e. The Morgan fingerprint density at radius 1 is 0.967 bits per heavy atom. The van der Waals surface area contributed by atoms with Gasteiger partial charge in [0, 0.05) is 34.1 Å². The van der Waals surface area contributed by atoms with Crippen LogP contribution < -0.4 is 5.32 Å². The van der Waals surface area contributed by atoms with Crippen molar-refractivity contribution in [3.8, 4) is 21.8 Å². The van der Waals surface area contributed by atoms with Gasteiger partial charge in [0.1, 0.15) is 9.88 Å². The van der Waals surface area contributed by atoms with Gasteiger partial charge in [0.2, 0.25) is 0 Å². The summed E-state index contributed by atoms with van der Waals surface area (Å²) in [5, 5.41) is 5.92. The van der Waals surface area contributed by atoms with Crippen LogP contribution in [0, 0.1) is 13.8 Å². The van der Waals surface area contributed by atoms with E-state index in [-0.39, 0.29) is 5.91 Å². The van der Waals surface area contributed by atoms with Gasteiger partial charge < -0.3 is 5.32 Å². The first-order chi connectivity index (χ1) is 14.6. The molecule has 1 amide bonds. The molecule has 30 heavy (non-hydrogen) atoms. The number of nitrogens with one attached hydrogen (secondary N) is 1. The Morgan fingerprint density at radius 3 is 2.47 bits per heavy atom. The van der Waals surface area contributed by atoms with Gasteiger partial charge in [0.25, 0.3) is 5.91 Å². The molecule has 0 spiro atoms. The predicted molar refractivity (Wildman–Crippen MR) is 123 cm³/mol. The van der Waals surface area contributed by atoms with Crippen LogP contribution in [0.25, 0.3) is 26.8 Å². The molecule has 1 N–H and O–H groups in total. The van der Waals surface area contributed by atoms with Crippen molar-refractivity contribution in [2.45, 2.75) is 13.8 Å². The van der Waals surface area contributed by atoms with E-state index in [1.54, 1.807) is 11.3 Å². The maximum atomic E-state index is 12.8. The standard InChI is InChI=1S/C23H18N4OS2/c1-14-13-29-23-26-19(12-27(14)23)16-8-10-18(11-9-16)25-21(28)20-15(2)24-22(30-20)17-6-4-3-5-7-17/h3-13H,1-2H3,(H,25,28). The van der Waals surface area contributed by atoms with Crippen LogP contribution in [0.3, 0.4) is 0 Å². The first-order valence-electron chi connectivity index (χ1n) is 9.46. The van der Waals surface area contributed by atoms with Crippen LogP contribution in [0.4, 0.5) is 5.69 Å². The topological polar surface area (TPSA) is 59.3 Å². The van der Waals surface area contributed by atoms with E-state index in [1.165, 1.54) is 17.0 Å². The number of aromatic nitrogens is 3. The molecular formula is C23H18N4OS2. The number of imidazole rings is 1. The monoisotopic (exact) mass is 430 g/mol. The number of carbonyl (C=O) groups is 1. The number of hydrogen-bond acceptors (Lipinski definition) is 5. The lowest BCUT2D eigenvalue weighted by atomic mass is 10.1. The van der Waals surface area contributed by atoms with Gasteiger partial charge in [-0.15, -0.1) is 22.7 Å². The lowest BCUT2D eigenvalue weighted by Crippen LogP contribution is -2.11. The van der Waals surface area contributed by atoms with Gasteiger partial charge in [-0.3, -0.25) is 9.20 Å². The van der Waals surface area contributed by atoms with Crippen LogP contribution in [0.2, 0.25) is 0 Å². The zero-order chi connectivity index (χ0) is 20.7. The van der Waals surface area contributed by atoms with E-state index in [0.717, 1.165) is 38.2 Å². The number of nitrogens with zero attached hydrogens (tertiary/aromatic N) is 3. The predicted octanol–water partition coefficient (Wildman–Crippen LogP) is 6.06. The Labute approximate surface area is 181 Å². The highest BCUT2D eigenvalue weighted by Gasteiger charge is 2.16. The van der Waals surface area contributed by atoms with Gasteiger partial charge in [0.15, 0.2) is 4.96 Å². The highest BCUT2D eigenvalue weighted by molar-refractivity contribution is 7.17. The first kappa shape index (κ1) is 18.7. The molecule has 0 aliphatic heterocycles.